The normalized spacial score (nSPS) is 11.5. The van der Waals surface area contributed by atoms with Crippen LogP contribution in [-0.4, -0.2) is 46.1 Å². The van der Waals surface area contributed by atoms with Crippen LogP contribution < -0.4 is 5.32 Å². The zero-order valence-electron chi connectivity index (χ0n) is 19.8. The summed E-state index contributed by atoms with van der Waals surface area (Å²) in [6.45, 7) is 2.88. The molecule has 1 aromatic heterocycles. The lowest BCUT2D eigenvalue weighted by atomic mass is 10.0. The number of hydrogen-bond donors (Lipinski definition) is 3. The summed E-state index contributed by atoms with van der Waals surface area (Å²) in [5, 5.41) is 21.2. The quantitative estimate of drug-likeness (QED) is 0.282. The van der Waals surface area contributed by atoms with Crippen molar-refractivity contribution in [2.75, 3.05) is 5.32 Å². The number of halogens is 3. The topological polar surface area (TPSA) is 142 Å². The van der Waals surface area contributed by atoms with Gasteiger partial charge in [-0.05, 0) is 61.4 Å². The zero-order valence-corrected chi connectivity index (χ0v) is 21.4. The molecule has 0 unspecified atom stereocenters. The number of benzene rings is 3. The minimum atomic E-state index is -4.03. The van der Waals surface area contributed by atoms with Crippen LogP contribution in [0.4, 0.5) is 14.5 Å². The number of aromatic amines is 1. The van der Waals surface area contributed by atoms with Gasteiger partial charge in [-0.15, -0.1) is 0 Å². The summed E-state index contributed by atoms with van der Waals surface area (Å²) in [5.41, 5.74) is 0.110. The number of amides is 1. The van der Waals surface area contributed by atoms with Crippen LogP contribution in [-0.2, 0) is 9.84 Å². The van der Waals surface area contributed by atoms with E-state index in [-0.39, 0.29) is 49.1 Å². The highest BCUT2D eigenvalue weighted by Gasteiger charge is 2.29. The zero-order chi connectivity index (χ0) is 27.8. The summed E-state index contributed by atoms with van der Waals surface area (Å²) in [7, 11) is -4.03. The van der Waals surface area contributed by atoms with Gasteiger partial charge in [0, 0.05) is 5.56 Å². The molecular formula is C25H19ClF2N4O5S. The molecule has 9 nitrogen and oxygen atoms in total. The van der Waals surface area contributed by atoms with E-state index in [1.807, 2.05) is 0 Å². The van der Waals surface area contributed by atoms with Crippen LogP contribution in [0.2, 0.25) is 5.02 Å². The minimum Gasteiger partial charge on any atom is -0.478 e. The van der Waals surface area contributed by atoms with Gasteiger partial charge in [0.15, 0.2) is 21.5 Å². The summed E-state index contributed by atoms with van der Waals surface area (Å²) < 4.78 is 53.5. The molecule has 0 saturated carbocycles. The SMILES string of the molecule is CC(C)S(=O)(=O)c1cc(-c2cn[nH]n2)c(Cl)cc1C(=O)Nc1cc(-c2ccc(F)c(F)c2)ccc1C(=O)O. The van der Waals surface area contributed by atoms with Crippen LogP contribution in [0.25, 0.3) is 22.4 Å². The first-order valence-corrected chi connectivity index (χ1v) is 12.9. The molecule has 0 aliphatic rings. The fraction of sp³-hybridized carbons (Fsp3) is 0.120. The number of carbonyl (C=O) groups is 2. The van der Waals surface area contributed by atoms with Crippen LogP contribution in [0.1, 0.15) is 34.6 Å². The van der Waals surface area contributed by atoms with Gasteiger partial charge in [0.2, 0.25) is 0 Å². The first-order chi connectivity index (χ1) is 17.9. The van der Waals surface area contributed by atoms with Crippen molar-refractivity contribution in [2.24, 2.45) is 0 Å². The molecule has 196 valence electrons. The molecule has 0 atom stereocenters. The molecule has 4 aromatic rings. The summed E-state index contributed by atoms with van der Waals surface area (Å²) in [6.07, 6.45) is 1.33. The standard InChI is InChI=1S/C25H19ClF2N4O5S/c1-12(2)38(36,37)23-10-16(22-11-29-32-31-22)18(26)9-17(23)24(33)30-21-8-14(3-5-15(21)25(34)35)13-4-6-19(27)20(28)7-13/h3-12H,1-2H3,(H,30,33)(H,34,35)(H,29,31,32). The van der Waals surface area contributed by atoms with Crippen molar-refractivity contribution in [3.8, 4) is 22.4 Å². The molecular weight excluding hydrogens is 542 g/mol. The maximum Gasteiger partial charge on any atom is 0.337 e. The summed E-state index contributed by atoms with van der Waals surface area (Å²) >= 11 is 6.37. The molecule has 0 spiro atoms. The number of carboxylic acids is 1. The molecule has 0 radical (unpaired) electrons. The molecule has 0 aliphatic heterocycles. The number of carbonyl (C=O) groups excluding carboxylic acids is 1. The predicted octanol–water partition coefficient (Wildman–Crippen LogP) is 5.20. The Hall–Kier alpha value is -4.16. The Balaban J connectivity index is 1.83. The Morgan fingerprint density at radius 1 is 1.00 bits per heavy atom. The Morgan fingerprint density at radius 3 is 2.29 bits per heavy atom. The van der Waals surface area contributed by atoms with Crippen molar-refractivity contribution in [3.05, 3.63) is 82.5 Å². The van der Waals surface area contributed by atoms with E-state index in [4.69, 9.17) is 11.6 Å². The summed E-state index contributed by atoms with van der Waals surface area (Å²) in [4.78, 5) is 24.9. The monoisotopic (exact) mass is 560 g/mol. The second-order valence-electron chi connectivity index (χ2n) is 8.43. The van der Waals surface area contributed by atoms with E-state index in [0.29, 0.717) is 0 Å². The number of nitrogens with one attached hydrogen (secondary N) is 2. The van der Waals surface area contributed by atoms with Gasteiger partial charge in [-0.2, -0.15) is 15.4 Å². The molecule has 13 heteroatoms. The van der Waals surface area contributed by atoms with Gasteiger partial charge in [0.1, 0.15) is 5.69 Å². The second kappa shape index (κ2) is 10.3. The number of anilines is 1. The number of H-pyrrole nitrogens is 1. The van der Waals surface area contributed by atoms with Gasteiger partial charge in [0.05, 0.1) is 38.2 Å². The molecule has 0 fully saturated rings. The van der Waals surface area contributed by atoms with Crippen molar-refractivity contribution in [2.45, 2.75) is 24.0 Å². The van der Waals surface area contributed by atoms with Crippen molar-refractivity contribution < 1.29 is 31.9 Å². The van der Waals surface area contributed by atoms with Gasteiger partial charge in [-0.3, -0.25) is 4.79 Å². The van der Waals surface area contributed by atoms with Crippen LogP contribution >= 0.6 is 11.6 Å². The largest absolute Gasteiger partial charge is 0.478 e. The van der Waals surface area contributed by atoms with Crippen molar-refractivity contribution in [1.29, 1.82) is 0 Å². The van der Waals surface area contributed by atoms with Crippen LogP contribution in [0.15, 0.2) is 59.6 Å². The number of aromatic carboxylic acids is 1. The van der Waals surface area contributed by atoms with Crippen molar-refractivity contribution in [1.82, 2.24) is 15.4 Å². The first-order valence-electron chi connectivity index (χ1n) is 11.0. The van der Waals surface area contributed by atoms with Crippen LogP contribution in [0.5, 0.6) is 0 Å². The number of sulfone groups is 1. The third-order valence-corrected chi connectivity index (χ3v) is 8.19. The van der Waals surface area contributed by atoms with Gasteiger partial charge in [-0.1, -0.05) is 23.7 Å². The lowest BCUT2D eigenvalue weighted by Crippen LogP contribution is -2.22. The number of rotatable bonds is 7. The molecule has 38 heavy (non-hydrogen) atoms. The number of hydrogen-bond acceptors (Lipinski definition) is 6. The van der Waals surface area contributed by atoms with E-state index < -0.39 is 38.6 Å². The highest BCUT2D eigenvalue weighted by Crippen LogP contribution is 2.34. The Labute approximate surface area is 220 Å². The predicted molar refractivity (Wildman–Crippen MR) is 136 cm³/mol. The Morgan fingerprint density at radius 2 is 1.68 bits per heavy atom. The molecule has 1 amide bonds. The lowest BCUT2D eigenvalue weighted by molar-refractivity contribution is 0.0698. The Kier molecular flexibility index (Phi) is 7.29. The summed E-state index contributed by atoms with van der Waals surface area (Å²) in [6, 6.07) is 9.29. The third-order valence-electron chi connectivity index (χ3n) is 5.68. The van der Waals surface area contributed by atoms with Gasteiger partial charge >= 0.3 is 5.97 Å². The van der Waals surface area contributed by atoms with Gasteiger partial charge in [-0.25, -0.2) is 22.0 Å². The average molecular weight is 561 g/mol. The Bertz CT molecular complexity index is 1680. The molecule has 0 saturated heterocycles. The smallest absolute Gasteiger partial charge is 0.337 e. The number of carboxylic acid groups (broad SMARTS) is 1. The van der Waals surface area contributed by atoms with E-state index >= 15 is 0 Å². The van der Waals surface area contributed by atoms with E-state index in [1.54, 1.807) is 0 Å². The molecule has 3 N–H and O–H groups in total. The molecule has 4 rings (SSSR count). The van der Waals surface area contributed by atoms with E-state index in [0.717, 1.165) is 18.2 Å². The lowest BCUT2D eigenvalue weighted by Gasteiger charge is -2.16. The van der Waals surface area contributed by atoms with Gasteiger partial charge in [0.25, 0.3) is 5.91 Å². The molecule has 1 heterocycles. The minimum absolute atomic E-state index is 0.000697. The summed E-state index contributed by atoms with van der Waals surface area (Å²) in [5.74, 6) is -4.51. The van der Waals surface area contributed by atoms with E-state index in [1.165, 1.54) is 50.4 Å². The highest BCUT2D eigenvalue weighted by molar-refractivity contribution is 7.92. The van der Waals surface area contributed by atoms with Crippen LogP contribution in [0.3, 0.4) is 0 Å². The first kappa shape index (κ1) is 26.9. The van der Waals surface area contributed by atoms with Crippen molar-refractivity contribution >= 4 is 39.0 Å². The van der Waals surface area contributed by atoms with Gasteiger partial charge < -0.3 is 10.4 Å². The average Bonchev–Trinajstić information content (AvgIpc) is 3.39. The maximum atomic E-state index is 13.8. The highest BCUT2D eigenvalue weighted by atomic mass is 35.5. The molecule has 3 aromatic carbocycles. The van der Waals surface area contributed by atoms with Crippen molar-refractivity contribution in [3.63, 3.8) is 0 Å². The van der Waals surface area contributed by atoms with E-state index in [2.05, 4.69) is 20.7 Å². The number of aromatic nitrogens is 3. The fourth-order valence-electron chi connectivity index (χ4n) is 3.63. The molecule has 0 bridgehead atoms. The van der Waals surface area contributed by atoms with E-state index in [9.17, 15) is 31.9 Å². The second-order valence-corrected chi connectivity index (χ2v) is 11.3. The third kappa shape index (κ3) is 5.13. The molecule has 0 aliphatic carbocycles. The van der Waals surface area contributed by atoms with Crippen LogP contribution in [0, 0.1) is 11.6 Å². The number of nitrogens with zero attached hydrogens (tertiary/aromatic N) is 2. The fourth-order valence-corrected chi connectivity index (χ4v) is 5.14. The maximum absolute atomic E-state index is 13.8.